The lowest BCUT2D eigenvalue weighted by Crippen LogP contribution is -2.37. The molecule has 0 aliphatic heterocycles. The van der Waals surface area contributed by atoms with E-state index in [1.165, 1.54) is 5.56 Å². The van der Waals surface area contributed by atoms with Crippen molar-refractivity contribution in [3.05, 3.63) is 28.4 Å². The van der Waals surface area contributed by atoms with E-state index >= 15 is 0 Å². The fraction of sp³-hybridized carbons (Fsp3) is 0.500. The number of nitrogens with zero attached hydrogens (tertiary/aromatic N) is 2. The highest BCUT2D eigenvalue weighted by Gasteiger charge is 2.30. The number of alkyl halides is 1. The lowest BCUT2D eigenvalue weighted by atomic mass is 10.2. The number of ether oxygens (including phenoxy) is 1. The van der Waals surface area contributed by atoms with E-state index < -0.39 is 8.07 Å². The molecule has 0 aliphatic rings. The Labute approximate surface area is 138 Å². The quantitative estimate of drug-likeness (QED) is 0.497. The summed E-state index contributed by atoms with van der Waals surface area (Å²) in [6.07, 6.45) is 1.92. The topological polar surface area (TPSA) is 27.1 Å². The molecule has 1 heterocycles. The Morgan fingerprint density at radius 2 is 2.05 bits per heavy atom. The van der Waals surface area contributed by atoms with Gasteiger partial charge in [-0.15, -0.1) is 0 Å². The van der Waals surface area contributed by atoms with Gasteiger partial charge in [0, 0.05) is 21.8 Å². The zero-order valence-corrected chi connectivity index (χ0v) is 16.5. The molecule has 6 heteroatoms. The van der Waals surface area contributed by atoms with Crippen molar-refractivity contribution in [1.29, 1.82) is 0 Å². The average Bonchev–Trinajstić information content (AvgIpc) is 2.75. The summed E-state index contributed by atoms with van der Waals surface area (Å²) < 4.78 is 9.17. The van der Waals surface area contributed by atoms with Gasteiger partial charge in [-0.2, -0.15) is 5.10 Å². The minimum Gasteiger partial charge on any atom is -0.360 e. The molecule has 3 nitrogen and oxygen atoms in total. The number of rotatable bonds is 5. The molecule has 0 saturated carbocycles. The van der Waals surface area contributed by atoms with E-state index in [0.717, 1.165) is 20.7 Å². The van der Waals surface area contributed by atoms with Gasteiger partial charge in [0.1, 0.15) is 13.9 Å². The van der Waals surface area contributed by atoms with Crippen molar-refractivity contribution in [2.45, 2.75) is 37.7 Å². The van der Waals surface area contributed by atoms with Gasteiger partial charge in [-0.25, -0.2) is 4.68 Å². The largest absolute Gasteiger partial charge is 0.360 e. The molecule has 0 bridgehead atoms. The van der Waals surface area contributed by atoms with Crippen LogP contribution in [0.1, 0.15) is 18.3 Å². The Balaban J connectivity index is 2.58. The lowest BCUT2D eigenvalue weighted by Gasteiger charge is -2.29. The first-order valence-electron chi connectivity index (χ1n) is 6.71. The highest BCUT2D eigenvalue weighted by molar-refractivity contribution is 9.10. The Morgan fingerprint density at radius 3 is 2.60 bits per heavy atom. The van der Waals surface area contributed by atoms with Crippen molar-refractivity contribution in [1.82, 2.24) is 9.78 Å². The van der Waals surface area contributed by atoms with Crippen molar-refractivity contribution in [2.75, 3.05) is 6.61 Å². The molecule has 20 heavy (non-hydrogen) atoms. The van der Waals surface area contributed by atoms with Gasteiger partial charge in [0.05, 0.1) is 11.7 Å². The molecular formula is C14H20Br2N2OSi. The van der Waals surface area contributed by atoms with Crippen LogP contribution in [-0.2, 0) is 10.1 Å². The molecule has 0 radical (unpaired) electrons. The Kier molecular flexibility index (Phi) is 5.10. The Morgan fingerprint density at radius 1 is 1.35 bits per heavy atom. The second-order valence-corrected chi connectivity index (χ2v) is 12.5. The van der Waals surface area contributed by atoms with Crippen LogP contribution < -0.4 is 0 Å². The summed E-state index contributed by atoms with van der Waals surface area (Å²) in [6.45, 7) is 9.68. The van der Waals surface area contributed by atoms with E-state index in [1.54, 1.807) is 0 Å². The Bertz CT molecular complexity index is 607. The van der Waals surface area contributed by atoms with Crippen LogP contribution in [0.25, 0.3) is 10.9 Å². The number of halogens is 2. The van der Waals surface area contributed by atoms with Crippen LogP contribution in [0.4, 0.5) is 0 Å². The fourth-order valence-electron chi connectivity index (χ4n) is 2.24. The molecule has 0 amide bonds. The molecule has 0 spiro atoms. The summed E-state index contributed by atoms with van der Waals surface area (Å²) in [5.41, 5.74) is 2.37. The molecule has 0 aliphatic carbocycles. The zero-order chi connectivity index (χ0) is 14.9. The molecule has 0 fully saturated rings. The molecular weight excluding hydrogens is 400 g/mol. The van der Waals surface area contributed by atoms with Gasteiger partial charge in [0.15, 0.2) is 0 Å². The third kappa shape index (κ3) is 3.18. The average molecular weight is 420 g/mol. The van der Waals surface area contributed by atoms with E-state index in [9.17, 15) is 0 Å². The standard InChI is InChI=1S/C14H20Br2N2OSi/c1-5-19-14(20(2,3)4)18-13-7-10(8-15)12(16)6-11(13)9-17-18/h6-7,9,14H,5,8H2,1-4H3. The lowest BCUT2D eigenvalue weighted by molar-refractivity contribution is 0.0581. The van der Waals surface area contributed by atoms with Crippen LogP contribution in [0.3, 0.4) is 0 Å². The van der Waals surface area contributed by atoms with Gasteiger partial charge in [0.25, 0.3) is 0 Å². The van der Waals surface area contributed by atoms with Gasteiger partial charge in [0.2, 0.25) is 0 Å². The van der Waals surface area contributed by atoms with E-state index in [-0.39, 0.29) is 5.85 Å². The first kappa shape index (κ1) is 16.2. The van der Waals surface area contributed by atoms with E-state index in [0.29, 0.717) is 6.61 Å². The summed E-state index contributed by atoms with van der Waals surface area (Å²) >= 11 is 7.14. The van der Waals surface area contributed by atoms with Crippen LogP contribution >= 0.6 is 31.9 Å². The Hall–Kier alpha value is -0.173. The van der Waals surface area contributed by atoms with E-state index in [4.69, 9.17) is 4.74 Å². The predicted molar refractivity (Wildman–Crippen MR) is 94.1 cm³/mol. The van der Waals surface area contributed by atoms with Crippen molar-refractivity contribution in [3.63, 3.8) is 0 Å². The summed E-state index contributed by atoms with van der Waals surface area (Å²) in [4.78, 5) is 0. The van der Waals surface area contributed by atoms with Gasteiger partial charge < -0.3 is 4.74 Å². The zero-order valence-electron chi connectivity index (χ0n) is 12.3. The molecule has 0 saturated heterocycles. The van der Waals surface area contributed by atoms with Crippen molar-refractivity contribution in [2.24, 2.45) is 0 Å². The van der Waals surface area contributed by atoms with Crippen LogP contribution in [0.5, 0.6) is 0 Å². The number of aromatic nitrogens is 2. The predicted octanol–water partition coefficient (Wildman–Crippen LogP) is 5.11. The number of hydrogen-bond acceptors (Lipinski definition) is 2. The van der Waals surface area contributed by atoms with Gasteiger partial charge >= 0.3 is 0 Å². The second kappa shape index (κ2) is 6.30. The van der Waals surface area contributed by atoms with Crippen molar-refractivity contribution in [3.8, 4) is 0 Å². The third-order valence-corrected chi connectivity index (χ3v) is 6.43. The molecule has 2 rings (SSSR count). The fourth-order valence-corrected chi connectivity index (χ4v) is 5.19. The highest BCUT2D eigenvalue weighted by Crippen LogP contribution is 2.30. The summed E-state index contributed by atoms with van der Waals surface area (Å²) in [6, 6.07) is 4.32. The monoisotopic (exact) mass is 418 g/mol. The number of benzene rings is 1. The van der Waals surface area contributed by atoms with Gasteiger partial charge in [-0.1, -0.05) is 51.5 Å². The first-order valence-corrected chi connectivity index (χ1v) is 12.2. The van der Waals surface area contributed by atoms with E-state index in [2.05, 4.69) is 73.4 Å². The van der Waals surface area contributed by atoms with Crippen LogP contribution in [0, 0.1) is 0 Å². The van der Waals surface area contributed by atoms with Crippen molar-refractivity contribution < 1.29 is 4.74 Å². The molecule has 110 valence electrons. The van der Waals surface area contributed by atoms with Gasteiger partial charge in [-0.3, -0.25) is 0 Å². The van der Waals surface area contributed by atoms with Crippen molar-refractivity contribution >= 4 is 50.8 Å². The maximum absolute atomic E-state index is 6.00. The minimum absolute atomic E-state index is 0.0642. The molecule has 0 N–H and O–H groups in total. The van der Waals surface area contributed by atoms with Crippen LogP contribution in [0.2, 0.25) is 19.6 Å². The van der Waals surface area contributed by atoms with Gasteiger partial charge in [-0.05, 0) is 24.6 Å². The van der Waals surface area contributed by atoms with E-state index in [1.807, 2.05) is 13.1 Å². The summed E-state index contributed by atoms with van der Waals surface area (Å²) in [5.74, 6) is 0.0642. The first-order chi connectivity index (χ1) is 9.38. The minimum atomic E-state index is -1.52. The van der Waals surface area contributed by atoms with Crippen LogP contribution in [0.15, 0.2) is 22.8 Å². The second-order valence-electron chi connectivity index (χ2n) is 5.90. The maximum Gasteiger partial charge on any atom is 0.135 e. The summed E-state index contributed by atoms with van der Waals surface area (Å²) in [5, 5.41) is 6.55. The number of hydrogen-bond donors (Lipinski definition) is 0. The third-order valence-electron chi connectivity index (χ3n) is 3.20. The molecule has 2 aromatic rings. The summed E-state index contributed by atoms with van der Waals surface area (Å²) in [7, 11) is -1.52. The normalized spacial score (nSPS) is 13.9. The SMILES string of the molecule is CCOC(n1ncc2cc(Br)c(CBr)cc21)[Si](C)(C)C. The molecule has 1 atom stereocenters. The molecule has 1 unspecified atom stereocenters. The maximum atomic E-state index is 6.00. The van der Waals surface area contributed by atoms with Crippen LogP contribution in [-0.4, -0.2) is 24.5 Å². The number of fused-ring (bicyclic) bond motifs is 1. The highest BCUT2D eigenvalue weighted by atomic mass is 79.9. The smallest absolute Gasteiger partial charge is 0.135 e. The molecule has 1 aromatic carbocycles. The molecule has 1 aromatic heterocycles.